The molecular weight excluding hydrogens is 502 g/mol. The van der Waals surface area contributed by atoms with E-state index in [-0.39, 0.29) is 18.4 Å². The topological polar surface area (TPSA) is 78.9 Å². The van der Waals surface area contributed by atoms with Gasteiger partial charge in [-0.25, -0.2) is 0 Å². The van der Waals surface area contributed by atoms with Crippen LogP contribution >= 0.6 is 11.6 Å². The van der Waals surface area contributed by atoms with Crippen molar-refractivity contribution >= 4 is 29.2 Å². The summed E-state index contributed by atoms with van der Waals surface area (Å²) in [7, 11) is 1.57. The molecule has 0 saturated carbocycles. The summed E-state index contributed by atoms with van der Waals surface area (Å²) >= 11 is 6.30. The van der Waals surface area contributed by atoms with Gasteiger partial charge in [-0.05, 0) is 49.2 Å². The van der Waals surface area contributed by atoms with E-state index in [0.29, 0.717) is 42.5 Å². The highest BCUT2D eigenvalue weighted by Crippen LogP contribution is 2.26. The fraction of sp³-hybridized carbons (Fsp3) is 0.379. The van der Waals surface area contributed by atoms with Crippen LogP contribution in [0.25, 0.3) is 11.3 Å². The minimum atomic E-state index is -0.156. The van der Waals surface area contributed by atoms with Gasteiger partial charge in [0.05, 0.1) is 17.8 Å². The van der Waals surface area contributed by atoms with Crippen molar-refractivity contribution in [3.63, 3.8) is 0 Å². The van der Waals surface area contributed by atoms with Crippen molar-refractivity contribution in [2.24, 2.45) is 0 Å². The average molecular weight is 536 g/mol. The molecule has 38 heavy (non-hydrogen) atoms. The maximum Gasteiger partial charge on any atom is 0.254 e. The van der Waals surface area contributed by atoms with E-state index in [2.05, 4.69) is 22.0 Å². The van der Waals surface area contributed by atoms with Gasteiger partial charge in [0.1, 0.15) is 12.3 Å². The van der Waals surface area contributed by atoms with E-state index < -0.39 is 0 Å². The molecule has 1 saturated heterocycles. The highest BCUT2D eigenvalue weighted by atomic mass is 35.5. The summed E-state index contributed by atoms with van der Waals surface area (Å²) in [6.07, 6.45) is 2.57. The third-order valence-electron chi connectivity index (χ3n) is 6.68. The van der Waals surface area contributed by atoms with Crippen LogP contribution in [0.2, 0.25) is 5.02 Å². The number of anilines is 1. The summed E-state index contributed by atoms with van der Waals surface area (Å²) in [5.74, 6) is 1.19. The zero-order valence-corrected chi connectivity index (χ0v) is 22.7. The predicted octanol–water partition coefficient (Wildman–Crippen LogP) is 4.79. The summed E-state index contributed by atoms with van der Waals surface area (Å²) < 4.78 is 5.27. The van der Waals surface area contributed by atoms with Gasteiger partial charge in [-0.15, -0.1) is 10.2 Å². The van der Waals surface area contributed by atoms with Crippen molar-refractivity contribution in [2.45, 2.75) is 26.2 Å². The molecule has 0 atom stereocenters. The van der Waals surface area contributed by atoms with Gasteiger partial charge in [0.2, 0.25) is 5.91 Å². The van der Waals surface area contributed by atoms with Crippen LogP contribution in [0.5, 0.6) is 5.75 Å². The van der Waals surface area contributed by atoms with E-state index in [1.54, 1.807) is 36.3 Å². The Hall–Kier alpha value is -3.65. The number of hydrogen-bond donors (Lipinski definition) is 0. The third-order valence-corrected chi connectivity index (χ3v) is 7.01. The molecule has 200 valence electrons. The smallest absolute Gasteiger partial charge is 0.254 e. The molecule has 1 aliphatic heterocycles. The van der Waals surface area contributed by atoms with E-state index in [1.165, 1.54) is 0 Å². The number of benzene rings is 2. The minimum Gasteiger partial charge on any atom is -0.497 e. The number of carbonyl (C=O) groups excluding carboxylic acids is 2. The molecule has 0 unspecified atom stereocenters. The van der Waals surface area contributed by atoms with Gasteiger partial charge >= 0.3 is 0 Å². The van der Waals surface area contributed by atoms with Crippen LogP contribution < -0.4 is 9.64 Å². The molecule has 2 aromatic carbocycles. The van der Waals surface area contributed by atoms with Crippen LogP contribution in [0.1, 0.15) is 36.5 Å². The molecule has 0 bridgehead atoms. The Morgan fingerprint density at radius 3 is 2.58 bits per heavy atom. The molecule has 1 aromatic heterocycles. The van der Waals surface area contributed by atoms with Crippen LogP contribution in [0.15, 0.2) is 60.7 Å². The monoisotopic (exact) mass is 535 g/mol. The standard InChI is InChI=1S/C29H34ClN5O3/c1-3-4-15-35(29(37)22-9-7-10-23(20-22)38-2)21-28(36)34-17-8-16-33(18-19-34)27-14-13-26(31-32-27)24-11-5-6-12-25(24)30/h5-7,9-14,20H,3-4,8,15-19,21H2,1-2H3. The Bertz CT molecular complexity index is 1240. The Kier molecular flexibility index (Phi) is 9.54. The van der Waals surface area contributed by atoms with Gasteiger partial charge in [-0.1, -0.05) is 49.2 Å². The van der Waals surface area contributed by atoms with E-state index in [1.807, 2.05) is 41.3 Å². The first-order valence-electron chi connectivity index (χ1n) is 13.0. The molecule has 0 radical (unpaired) electrons. The normalized spacial score (nSPS) is 13.7. The summed E-state index contributed by atoms with van der Waals surface area (Å²) in [5, 5.41) is 9.46. The van der Waals surface area contributed by atoms with E-state index in [0.717, 1.165) is 42.9 Å². The Balaban J connectivity index is 1.39. The van der Waals surface area contributed by atoms with E-state index >= 15 is 0 Å². The number of halogens is 1. The lowest BCUT2D eigenvalue weighted by Gasteiger charge is -2.27. The predicted molar refractivity (Wildman–Crippen MR) is 150 cm³/mol. The Morgan fingerprint density at radius 1 is 1.00 bits per heavy atom. The second-order valence-corrected chi connectivity index (χ2v) is 9.70. The van der Waals surface area contributed by atoms with E-state index in [9.17, 15) is 9.59 Å². The highest BCUT2D eigenvalue weighted by molar-refractivity contribution is 6.33. The zero-order chi connectivity index (χ0) is 26.9. The maximum absolute atomic E-state index is 13.3. The van der Waals surface area contributed by atoms with Crippen molar-refractivity contribution in [1.82, 2.24) is 20.0 Å². The largest absolute Gasteiger partial charge is 0.497 e. The summed E-state index contributed by atoms with van der Waals surface area (Å²) in [6.45, 7) is 5.27. The Morgan fingerprint density at radius 2 is 1.84 bits per heavy atom. The SMILES string of the molecule is CCCCN(CC(=O)N1CCCN(c2ccc(-c3ccccc3Cl)nn2)CC1)C(=O)c1cccc(OC)c1. The molecule has 1 fully saturated rings. The molecule has 0 spiro atoms. The lowest BCUT2D eigenvalue weighted by atomic mass is 10.1. The summed E-state index contributed by atoms with van der Waals surface area (Å²) in [4.78, 5) is 32.2. The first kappa shape index (κ1) is 27.4. The quantitative estimate of drug-likeness (QED) is 0.392. The molecule has 2 heterocycles. The van der Waals surface area contributed by atoms with Gasteiger partial charge in [0, 0.05) is 43.9 Å². The zero-order valence-electron chi connectivity index (χ0n) is 22.0. The van der Waals surface area contributed by atoms with Gasteiger partial charge in [-0.3, -0.25) is 9.59 Å². The van der Waals surface area contributed by atoms with Crippen LogP contribution in [-0.2, 0) is 4.79 Å². The van der Waals surface area contributed by atoms with Crippen molar-refractivity contribution < 1.29 is 14.3 Å². The fourth-order valence-electron chi connectivity index (χ4n) is 4.51. The van der Waals surface area contributed by atoms with Gasteiger partial charge in [0.15, 0.2) is 5.82 Å². The average Bonchev–Trinajstić information content (AvgIpc) is 3.22. The first-order valence-corrected chi connectivity index (χ1v) is 13.4. The number of rotatable bonds is 9. The molecule has 2 amide bonds. The fourth-order valence-corrected chi connectivity index (χ4v) is 4.74. The lowest BCUT2D eigenvalue weighted by Crippen LogP contribution is -2.44. The molecule has 0 aliphatic carbocycles. The van der Waals surface area contributed by atoms with Crippen LogP contribution in [0.3, 0.4) is 0 Å². The van der Waals surface area contributed by atoms with Gasteiger partial charge in [-0.2, -0.15) is 0 Å². The van der Waals surface area contributed by atoms with Gasteiger partial charge in [0.25, 0.3) is 5.91 Å². The number of hydrogen-bond acceptors (Lipinski definition) is 6. The van der Waals surface area contributed by atoms with Crippen LogP contribution in [0, 0.1) is 0 Å². The van der Waals surface area contributed by atoms with E-state index in [4.69, 9.17) is 16.3 Å². The lowest BCUT2D eigenvalue weighted by molar-refractivity contribution is -0.131. The van der Waals surface area contributed by atoms with Crippen molar-refractivity contribution in [3.05, 3.63) is 71.2 Å². The Labute approximate surface area is 229 Å². The molecule has 3 aromatic rings. The molecule has 4 rings (SSSR count). The molecule has 8 nitrogen and oxygen atoms in total. The first-order chi connectivity index (χ1) is 18.5. The van der Waals surface area contributed by atoms with Gasteiger partial charge < -0.3 is 19.4 Å². The molecule has 0 N–H and O–H groups in total. The minimum absolute atomic E-state index is 0.0423. The summed E-state index contributed by atoms with van der Waals surface area (Å²) in [5.41, 5.74) is 2.09. The number of methoxy groups -OCH3 is 1. The van der Waals surface area contributed by atoms with Crippen molar-refractivity contribution in [1.29, 1.82) is 0 Å². The van der Waals surface area contributed by atoms with Crippen LogP contribution in [0.4, 0.5) is 5.82 Å². The highest BCUT2D eigenvalue weighted by Gasteiger charge is 2.25. The maximum atomic E-state index is 13.3. The number of nitrogens with zero attached hydrogens (tertiary/aromatic N) is 5. The van der Waals surface area contributed by atoms with Crippen molar-refractivity contribution in [2.75, 3.05) is 51.3 Å². The molecular formula is C29H34ClN5O3. The number of carbonyl (C=O) groups is 2. The summed E-state index contributed by atoms with van der Waals surface area (Å²) in [6, 6.07) is 18.5. The number of aromatic nitrogens is 2. The number of amides is 2. The second kappa shape index (κ2) is 13.2. The second-order valence-electron chi connectivity index (χ2n) is 9.29. The van der Waals surface area contributed by atoms with Crippen LogP contribution in [-0.4, -0.2) is 78.2 Å². The molecule has 9 heteroatoms. The number of ether oxygens (including phenoxy) is 1. The van der Waals surface area contributed by atoms with Crippen molar-refractivity contribution in [3.8, 4) is 17.0 Å². The number of unbranched alkanes of at least 4 members (excludes halogenated alkanes) is 1. The third kappa shape index (κ3) is 6.81. The molecule has 1 aliphatic rings.